The monoisotopic (exact) mass is 295 g/mol. The van der Waals surface area contributed by atoms with E-state index in [0.717, 1.165) is 44.5 Å². The normalized spacial score (nSPS) is 19.7. The Hall–Kier alpha value is -0.945. The molecule has 1 unspecified atom stereocenters. The first-order chi connectivity index (χ1) is 10.1. The molecular weight excluding hydrogens is 272 g/mol. The minimum absolute atomic E-state index is 0.0664. The average molecular weight is 295 g/mol. The summed E-state index contributed by atoms with van der Waals surface area (Å²) in [4.78, 5) is 2.27. The first-order valence-corrected chi connectivity index (χ1v) is 7.58. The third-order valence-electron chi connectivity index (χ3n) is 3.76. The van der Waals surface area contributed by atoms with Gasteiger partial charge < -0.3 is 14.8 Å². The van der Waals surface area contributed by atoms with Crippen molar-refractivity contribution < 1.29 is 19.2 Å². The van der Waals surface area contributed by atoms with Gasteiger partial charge >= 0.3 is 7.12 Å². The van der Waals surface area contributed by atoms with Crippen LogP contribution in [0.1, 0.15) is 31.7 Å². The van der Waals surface area contributed by atoms with Crippen LogP contribution in [0.3, 0.4) is 0 Å². The molecule has 1 atom stereocenters. The van der Waals surface area contributed by atoms with Crippen LogP contribution in [0, 0.1) is 5.82 Å². The molecule has 0 aromatic heterocycles. The van der Waals surface area contributed by atoms with Gasteiger partial charge in [-0.2, -0.15) is 0 Å². The van der Waals surface area contributed by atoms with Gasteiger partial charge in [-0.25, -0.2) is 4.39 Å². The highest BCUT2D eigenvalue weighted by molar-refractivity contribution is 6.58. The van der Waals surface area contributed by atoms with Gasteiger partial charge in [0.1, 0.15) is 5.82 Å². The SMILES string of the molecule is CCCOC1CCCN(Cc2ccc(F)c(B(O)O)c2)C1. The number of hydrogen-bond acceptors (Lipinski definition) is 4. The lowest BCUT2D eigenvalue weighted by molar-refractivity contribution is -0.00222. The molecule has 1 fully saturated rings. The van der Waals surface area contributed by atoms with Crippen molar-refractivity contribution in [1.82, 2.24) is 4.90 Å². The molecule has 0 amide bonds. The standard InChI is InChI=1S/C15H23BFNO3/c1-2-8-21-13-4-3-7-18(11-13)10-12-5-6-15(17)14(9-12)16(19)20/h5-6,9,13,19-20H,2-4,7-8,10-11H2,1H3. The third-order valence-corrected chi connectivity index (χ3v) is 3.76. The van der Waals surface area contributed by atoms with E-state index in [4.69, 9.17) is 14.8 Å². The molecule has 0 spiro atoms. The Morgan fingerprint density at radius 2 is 2.24 bits per heavy atom. The fourth-order valence-corrected chi connectivity index (χ4v) is 2.72. The first-order valence-electron chi connectivity index (χ1n) is 7.58. The van der Waals surface area contributed by atoms with Crippen LogP contribution < -0.4 is 5.46 Å². The smallest absolute Gasteiger partial charge is 0.423 e. The molecule has 1 aromatic rings. The summed E-state index contributed by atoms with van der Waals surface area (Å²) in [6.07, 6.45) is 3.46. The van der Waals surface area contributed by atoms with E-state index in [2.05, 4.69) is 11.8 Å². The molecule has 0 saturated carbocycles. The summed E-state index contributed by atoms with van der Waals surface area (Å²) >= 11 is 0. The Kier molecular flexibility index (Phi) is 6.17. The number of nitrogens with zero attached hydrogens (tertiary/aromatic N) is 1. The number of ether oxygens (including phenoxy) is 1. The maximum Gasteiger partial charge on any atom is 0.491 e. The average Bonchev–Trinajstić information content (AvgIpc) is 2.47. The van der Waals surface area contributed by atoms with E-state index in [0.29, 0.717) is 6.54 Å². The van der Waals surface area contributed by atoms with Crippen LogP contribution in [0.25, 0.3) is 0 Å². The number of hydrogen-bond donors (Lipinski definition) is 2. The number of benzene rings is 1. The second-order valence-corrected chi connectivity index (χ2v) is 5.60. The topological polar surface area (TPSA) is 52.9 Å². The van der Waals surface area contributed by atoms with E-state index < -0.39 is 12.9 Å². The summed E-state index contributed by atoms with van der Waals surface area (Å²) in [5.74, 6) is -0.587. The van der Waals surface area contributed by atoms with Gasteiger partial charge in [-0.05, 0) is 37.4 Å². The van der Waals surface area contributed by atoms with E-state index in [1.165, 1.54) is 12.1 Å². The van der Waals surface area contributed by atoms with Crippen LogP contribution in [0.4, 0.5) is 4.39 Å². The largest absolute Gasteiger partial charge is 0.491 e. The van der Waals surface area contributed by atoms with Gasteiger partial charge in [0.2, 0.25) is 0 Å². The molecule has 1 aromatic carbocycles. The van der Waals surface area contributed by atoms with Gasteiger partial charge in [-0.1, -0.05) is 19.1 Å². The molecule has 1 heterocycles. The van der Waals surface area contributed by atoms with Crippen LogP contribution in [-0.2, 0) is 11.3 Å². The van der Waals surface area contributed by atoms with Gasteiger partial charge in [-0.15, -0.1) is 0 Å². The molecule has 1 aliphatic heterocycles. The Morgan fingerprint density at radius 3 is 2.95 bits per heavy atom. The van der Waals surface area contributed by atoms with Crippen LogP contribution >= 0.6 is 0 Å². The van der Waals surface area contributed by atoms with Crippen LogP contribution in [0.5, 0.6) is 0 Å². The van der Waals surface area contributed by atoms with Gasteiger partial charge in [0.05, 0.1) is 6.10 Å². The second-order valence-electron chi connectivity index (χ2n) is 5.60. The maximum atomic E-state index is 13.4. The van der Waals surface area contributed by atoms with Crippen LogP contribution in [0.2, 0.25) is 0 Å². The lowest BCUT2D eigenvalue weighted by atomic mass is 9.79. The Labute approximate surface area is 125 Å². The van der Waals surface area contributed by atoms with Gasteiger partial charge in [0, 0.05) is 25.2 Å². The van der Waals surface area contributed by atoms with Crippen molar-refractivity contribution in [3.05, 3.63) is 29.6 Å². The summed E-state index contributed by atoms with van der Waals surface area (Å²) in [5.41, 5.74) is 0.818. The Bertz CT molecular complexity index is 459. The zero-order valence-corrected chi connectivity index (χ0v) is 12.5. The third kappa shape index (κ3) is 4.78. The number of halogens is 1. The molecule has 0 radical (unpaired) electrons. The zero-order valence-electron chi connectivity index (χ0n) is 12.5. The summed E-state index contributed by atoms with van der Waals surface area (Å²) in [6, 6.07) is 4.51. The van der Waals surface area contributed by atoms with E-state index in [1.807, 2.05) is 0 Å². The minimum Gasteiger partial charge on any atom is -0.423 e. The molecule has 0 aliphatic carbocycles. The molecule has 6 heteroatoms. The molecule has 1 saturated heterocycles. The number of rotatable bonds is 6. The van der Waals surface area contributed by atoms with Gasteiger partial charge in [0.15, 0.2) is 0 Å². The van der Waals surface area contributed by atoms with E-state index in [-0.39, 0.29) is 11.6 Å². The van der Waals surface area contributed by atoms with Crippen molar-refractivity contribution in [3.63, 3.8) is 0 Å². The molecule has 116 valence electrons. The molecule has 0 bridgehead atoms. The second kappa shape index (κ2) is 7.89. The van der Waals surface area contributed by atoms with Crippen molar-refractivity contribution in [1.29, 1.82) is 0 Å². The van der Waals surface area contributed by atoms with E-state index in [9.17, 15) is 4.39 Å². The Balaban J connectivity index is 1.96. The predicted molar refractivity (Wildman–Crippen MR) is 80.8 cm³/mol. The van der Waals surface area contributed by atoms with Crippen molar-refractivity contribution in [2.45, 2.75) is 38.8 Å². The number of piperidine rings is 1. The van der Waals surface area contributed by atoms with Crippen LogP contribution in [0.15, 0.2) is 18.2 Å². The lowest BCUT2D eigenvalue weighted by Crippen LogP contribution is -2.40. The summed E-state index contributed by atoms with van der Waals surface area (Å²) in [6.45, 7) is 5.41. The molecule has 2 rings (SSSR count). The highest BCUT2D eigenvalue weighted by Crippen LogP contribution is 2.16. The fraction of sp³-hybridized carbons (Fsp3) is 0.600. The fourth-order valence-electron chi connectivity index (χ4n) is 2.72. The molecule has 1 aliphatic rings. The molecule has 2 N–H and O–H groups in total. The van der Waals surface area contributed by atoms with E-state index in [1.54, 1.807) is 6.07 Å². The minimum atomic E-state index is -1.77. The van der Waals surface area contributed by atoms with Crippen LogP contribution in [-0.4, -0.2) is 47.9 Å². The van der Waals surface area contributed by atoms with Crippen molar-refractivity contribution >= 4 is 12.6 Å². The summed E-state index contributed by atoms with van der Waals surface area (Å²) in [5, 5.41) is 18.3. The molecule has 4 nitrogen and oxygen atoms in total. The quantitative estimate of drug-likeness (QED) is 0.766. The zero-order chi connectivity index (χ0) is 15.2. The van der Waals surface area contributed by atoms with Crippen molar-refractivity contribution in [2.24, 2.45) is 0 Å². The Morgan fingerprint density at radius 1 is 1.43 bits per heavy atom. The highest BCUT2D eigenvalue weighted by Gasteiger charge is 2.21. The molecule has 21 heavy (non-hydrogen) atoms. The van der Waals surface area contributed by atoms with Gasteiger partial charge in [0.25, 0.3) is 0 Å². The molecular formula is C15H23BFNO3. The summed E-state index contributed by atoms with van der Waals surface area (Å²) in [7, 11) is -1.77. The number of likely N-dealkylation sites (tertiary alicyclic amines) is 1. The highest BCUT2D eigenvalue weighted by atomic mass is 19.1. The van der Waals surface area contributed by atoms with Crippen molar-refractivity contribution in [2.75, 3.05) is 19.7 Å². The van der Waals surface area contributed by atoms with Crippen molar-refractivity contribution in [3.8, 4) is 0 Å². The lowest BCUT2D eigenvalue weighted by Gasteiger charge is -2.32. The summed E-state index contributed by atoms with van der Waals surface area (Å²) < 4.78 is 19.2. The van der Waals surface area contributed by atoms with Gasteiger partial charge in [-0.3, -0.25) is 4.90 Å². The maximum absolute atomic E-state index is 13.4. The first kappa shape index (κ1) is 16.4. The van der Waals surface area contributed by atoms with E-state index >= 15 is 0 Å². The predicted octanol–water partition coefficient (Wildman–Crippen LogP) is 0.897.